The Labute approximate surface area is 107 Å². The first-order valence-electron chi connectivity index (χ1n) is 6.41. The van der Waals surface area contributed by atoms with Gasteiger partial charge in [0.1, 0.15) is 0 Å². The molecule has 104 valence electrons. The molecule has 1 aliphatic rings. The van der Waals surface area contributed by atoms with Crippen LogP contribution in [-0.4, -0.2) is 54.4 Å². The molecule has 0 aromatic carbocycles. The van der Waals surface area contributed by atoms with Crippen LogP contribution >= 0.6 is 0 Å². The van der Waals surface area contributed by atoms with Crippen molar-refractivity contribution in [2.75, 3.05) is 26.2 Å². The number of carbonyl (C=O) groups excluding carboxylic acids is 1. The smallest absolute Gasteiger partial charge is 0.317 e. The molecular weight excluding hydrogens is 236 g/mol. The zero-order valence-corrected chi connectivity index (χ0v) is 11.0. The maximum atomic E-state index is 11.8. The highest BCUT2D eigenvalue weighted by atomic mass is 16.5. The summed E-state index contributed by atoms with van der Waals surface area (Å²) in [6.07, 6.45) is 1.93. The first-order chi connectivity index (χ1) is 8.54. The molecule has 0 aromatic heterocycles. The lowest BCUT2D eigenvalue weighted by Crippen LogP contribution is -2.47. The van der Waals surface area contributed by atoms with Crippen molar-refractivity contribution < 1.29 is 19.4 Å². The van der Waals surface area contributed by atoms with Crippen molar-refractivity contribution in [3.05, 3.63) is 0 Å². The summed E-state index contributed by atoms with van der Waals surface area (Å²) in [5.41, 5.74) is 0. The summed E-state index contributed by atoms with van der Waals surface area (Å²) < 4.78 is 5.50. The van der Waals surface area contributed by atoms with Crippen molar-refractivity contribution in [1.82, 2.24) is 10.2 Å². The number of urea groups is 1. The summed E-state index contributed by atoms with van der Waals surface area (Å²) >= 11 is 0. The Hall–Kier alpha value is -1.30. The van der Waals surface area contributed by atoms with Crippen molar-refractivity contribution in [3.63, 3.8) is 0 Å². The van der Waals surface area contributed by atoms with Gasteiger partial charge in [-0.05, 0) is 19.8 Å². The van der Waals surface area contributed by atoms with Gasteiger partial charge in [-0.25, -0.2) is 4.79 Å². The third kappa shape index (κ3) is 4.52. The third-order valence-corrected chi connectivity index (χ3v) is 3.11. The van der Waals surface area contributed by atoms with Crippen LogP contribution < -0.4 is 5.32 Å². The second-order valence-corrected chi connectivity index (χ2v) is 4.57. The van der Waals surface area contributed by atoms with Crippen molar-refractivity contribution in [2.24, 2.45) is 5.92 Å². The topological polar surface area (TPSA) is 78.9 Å². The van der Waals surface area contributed by atoms with Gasteiger partial charge in [-0.3, -0.25) is 4.79 Å². The summed E-state index contributed by atoms with van der Waals surface area (Å²) in [6, 6.07) is -0.182. The summed E-state index contributed by atoms with van der Waals surface area (Å²) in [5.74, 6) is -1.46. The minimum atomic E-state index is -0.898. The van der Waals surface area contributed by atoms with Crippen LogP contribution in [0.3, 0.4) is 0 Å². The molecule has 0 aromatic rings. The quantitative estimate of drug-likeness (QED) is 0.768. The van der Waals surface area contributed by atoms with Gasteiger partial charge in [-0.1, -0.05) is 6.92 Å². The Kier molecular flexibility index (Phi) is 5.91. The SMILES string of the molecule is CCOC1CCN(C(=O)NCC(C)C(=O)O)CC1. The maximum absolute atomic E-state index is 11.8. The molecule has 1 rings (SSSR count). The Bertz CT molecular complexity index is 288. The summed E-state index contributed by atoms with van der Waals surface area (Å²) in [6.45, 7) is 5.73. The number of carbonyl (C=O) groups is 2. The molecule has 18 heavy (non-hydrogen) atoms. The van der Waals surface area contributed by atoms with Crippen LogP contribution in [0.25, 0.3) is 0 Å². The van der Waals surface area contributed by atoms with Crippen LogP contribution in [0.15, 0.2) is 0 Å². The van der Waals surface area contributed by atoms with Crippen molar-refractivity contribution in [3.8, 4) is 0 Å². The fourth-order valence-electron chi connectivity index (χ4n) is 1.90. The summed E-state index contributed by atoms with van der Waals surface area (Å²) in [7, 11) is 0. The van der Waals surface area contributed by atoms with Crippen molar-refractivity contribution >= 4 is 12.0 Å². The number of hydrogen-bond donors (Lipinski definition) is 2. The number of carboxylic acid groups (broad SMARTS) is 1. The monoisotopic (exact) mass is 258 g/mol. The highest BCUT2D eigenvalue weighted by Crippen LogP contribution is 2.13. The Balaban J connectivity index is 2.25. The zero-order valence-electron chi connectivity index (χ0n) is 11.0. The van der Waals surface area contributed by atoms with Gasteiger partial charge in [0, 0.05) is 26.2 Å². The highest BCUT2D eigenvalue weighted by molar-refractivity contribution is 5.76. The van der Waals surface area contributed by atoms with E-state index in [1.54, 1.807) is 11.8 Å². The van der Waals surface area contributed by atoms with Gasteiger partial charge in [0.25, 0.3) is 0 Å². The summed E-state index contributed by atoms with van der Waals surface area (Å²) in [4.78, 5) is 24.1. The number of likely N-dealkylation sites (tertiary alicyclic amines) is 1. The Morgan fingerprint density at radius 2 is 2.06 bits per heavy atom. The standard InChI is InChI=1S/C12H22N2O4/c1-3-18-10-4-6-14(7-5-10)12(17)13-8-9(2)11(15)16/h9-10H,3-8H2,1-2H3,(H,13,17)(H,15,16). The van der Waals surface area contributed by atoms with E-state index in [-0.39, 0.29) is 18.7 Å². The van der Waals surface area contributed by atoms with Gasteiger partial charge >= 0.3 is 12.0 Å². The van der Waals surface area contributed by atoms with Crippen LogP contribution in [0.5, 0.6) is 0 Å². The van der Waals surface area contributed by atoms with Crippen molar-refractivity contribution in [2.45, 2.75) is 32.8 Å². The number of amides is 2. The molecule has 1 unspecified atom stereocenters. The van der Waals surface area contributed by atoms with E-state index in [0.29, 0.717) is 19.7 Å². The number of piperidine rings is 1. The van der Waals surface area contributed by atoms with E-state index >= 15 is 0 Å². The van der Waals surface area contributed by atoms with Crippen LogP contribution in [0.1, 0.15) is 26.7 Å². The molecule has 1 aliphatic heterocycles. The number of nitrogens with zero attached hydrogens (tertiary/aromatic N) is 1. The van der Waals surface area contributed by atoms with Gasteiger partial charge in [-0.15, -0.1) is 0 Å². The third-order valence-electron chi connectivity index (χ3n) is 3.11. The molecule has 1 saturated heterocycles. The van der Waals surface area contributed by atoms with Gasteiger partial charge in [0.15, 0.2) is 0 Å². The van der Waals surface area contributed by atoms with Crippen LogP contribution in [0.2, 0.25) is 0 Å². The van der Waals surface area contributed by atoms with Crippen LogP contribution in [0, 0.1) is 5.92 Å². The minimum Gasteiger partial charge on any atom is -0.481 e. The number of aliphatic carboxylic acids is 1. The van der Waals surface area contributed by atoms with E-state index in [0.717, 1.165) is 12.8 Å². The molecule has 6 nitrogen and oxygen atoms in total. The molecule has 0 bridgehead atoms. The van der Waals surface area contributed by atoms with Crippen molar-refractivity contribution in [1.29, 1.82) is 0 Å². The second kappa shape index (κ2) is 7.20. The number of hydrogen-bond acceptors (Lipinski definition) is 3. The Morgan fingerprint density at radius 3 is 2.56 bits per heavy atom. The molecule has 1 fully saturated rings. The molecule has 0 radical (unpaired) electrons. The molecule has 1 heterocycles. The molecule has 6 heteroatoms. The molecule has 0 aliphatic carbocycles. The average molecular weight is 258 g/mol. The van der Waals surface area contributed by atoms with E-state index < -0.39 is 11.9 Å². The van der Waals surface area contributed by atoms with E-state index in [1.165, 1.54) is 0 Å². The van der Waals surface area contributed by atoms with E-state index in [2.05, 4.69) is 5.32 Å². The van der Waals surface area contributed by atoms with Crippen LogP contribution in [0.4, 0.5) is 4.79 Å². The molecular formula is C12H22N2O4. The first-order valence-corrected chi connectivity index (χ1v) is 6.41. The largest absolute Gasteiger partial charge is 0.481 e. The molecule has 2 N–H and O–H groups in total. The number of ether oxygens (including phenoxy) is 1. The van der Waals surface area contributed by atoms with Gasteiger partial charge in [0.2, 0.25) is 0 Å². The van der Waals surface area contributed by atoms with E-state index in [1.807, 2.05) is 6.92 Å². The van der Waals surface area contributed by atoms with E-state index in [4.69, 9.17) is 9.84 Å². The fraction of sp³-hybridized carbons (Fsp3) is 0.833. The Morgan fingerprint density at radius 1 is 1.44 bits per heavy atom. The zero-order chi connectivity index (χ0) is 13.5. The average Bonchev–Trinajstić information content (AvgIpc) is 2.36. The molecule has 0 spiro atoms. The lowest BCUT2D eigenvalue weighted by atomic mass is 10.1. The second-order valence-electron chi connectivity index (χ2n) is 4.57. The predicted octanol–water partition coefficient (Wildman–Crippen LogP) is 0.918. The number of nitrogens with one attached hydrogen (secondary N) is 1. The lowest BCUT2D eigenvalue weighted by Gasteiger charge is -2.31. The normalized spacial score (nSPS) is 18.4. The maximum Gasteiger partial charge on any atom is 0.317 e. The number of rotatable bonds is 5. The molecule has 0 saturated carbocycles. The predicted molar refractivity (Wildman–Crippen MR) is 66.4 cm³/mol. The van der Waals surface area contributed by atoms with Gasteiger partial charge < -0.3 is 20.1 Å². The fourth-order valence-corrected chi connectivity index (χ4v) is 1.90. The van der Waals surface area contributed by atoms with Crippen LogP contribution in [-0.2, 0) is 9.53 Å². The lowest BCUT2D eigenvalue weighted by molar-refractivity contribution is -0.140. The van der Waals surface area contributed by atoms with Gasteiger partial charge in [0.05, 0.1) is 12.0 Å². The highest BCUT2D eigenvalue weighted by Gasteiger charge is 2.23. The first kappa shape index (κ1) is 14.8. The van der Waals surface area contributed by atoms with Gasteiger partial charge in [-0.2, -0.15) is 0 Å². The summed E-state index contributed by atoms with van der Waals surface area (Å²) in [5, 5.41) is 11.4. The number of carboxylic acids is 1. The van der Waals surface area contributed by atoms with E-state index in [9.17, 15) is 9.59 Å². The minimum absolute atomic E-state index is 0.166. The molecule has 2 amide bonds. The molecule has 1 atom stereocenters.